The molecule has 0 radical (unpaired) electrons. The first-order valence-corrected chi connectivity index (χ1v) is 7.74. The van der Waals surface area contributed by atoms with Gasteiger partial charge < -0.3 is 14.9 Å². The number of hydrogen-bond acceptors (Lipinski definition) is 4. The van der Waals surface area contributed by atoms with E-state index in [0.717, 1.165) is 5.69 Å². The Labute approximate surface area is 118 Å². The van der Waals surface area contributed by atoms with Crippen LogP contribution in [0.4, 0.5) is 0 Å². The lowest BCUT2D eigenvalue weighted by atomic mass is 10.3. The average molecular weight is 297 g/mol. The van der Waals surface area contributed by atoms with E-state index in [2.05, 4.69) is 20.0 Å². The van der Waals surface area contributed by atoms with Crippen molar-refractivity contribution in [3.63, 3.8) is 0 Å². The van der Waals surface area contributed by atoms with Crippen molar-refractivity contribution in [3.8, 4) is 0 Å². The molecule has 0 spiro atoms. The molecular weight excluding hydrogens is 278 g/mol. The van der Waals surface area contributed by atoms with Crippen LogP contribution in [0.5, 0.6) is 0 Å². The molecule has 0 bridgehead atoms. The molecule has 2 aromatic rings. The highest BCUT2D eigenvalue weighted by Crippen LogP contribution is 2.16. The fraction of sp³-hybridized carbons (Fsp3) is 0.417. The summed E-state index contributed by atoms with van der Waals surface area (Å²) >= 11 is 0. The molecule has 2 aromatic heterocycles. The molecule has 1 unspecified atom stereocenters. The number of aromatic amines is 1. The summed E-state index contributed by atoms with van der Waals surface area (Å²) in [5.41, 5.74) is 0.901. The molecule has 0 aliphatic rings. The second kappa shape index (κ2) is 5.78. The maximum Gasteiger partial charge on any atom is 0.242 e. The summed E-state index contributed by atoms with van der Waals surface area (Å²) in [6.45, 7) is 2.35. The molecule has 3 N–H and O–H groups in total. The van der Waals surface area contributed by atoms with Crippen LogP contribution in [-0.2, 0) is 23.6 Å². The molecule has 2 heterocycles. The zero-order valence-corrected chi connectivity index (χ0v) is 12.5. The van der Waals surface area contributed by atoms with Gasteiger partial charge in [0.15, 0.2) is 0 Å². The van der Waals surface area contributed by atoms with Gasteiger partial charge in [0.25, 0.3) is 0 Å². The Morgan fingerprint density at radius 2 is 2.25 bits per heavy atom. The summed E-state index contributed by atoms with van der Waals surface area (Å²) in [6.07, 6.45) is 4.85. The van der Waals surface area contributed by atoms with Crippen LogP contribution in [0.15, 0.2) is 29.6 Å². The molecule has 2 rings (SSSR count). The predicted molar refractivity (Wildman–Crippen MR) is 75.5 cm³/mol. The fourth-order valence-electron chi connectivity index (χ4n) is 1.95. The van der Waals surface area contributed by atoms with Gasteiger partial charge in [0.05, 0.1) is 10.9 Å². The third-order valence-electron chi connectivity index (χ3n) is 3.01. The Balaban J connectivity index is 2.20. The highest BCUT2D eigenvalue weighted by Gasteiger charge is 2.21. The summed E-state index contributed by atoms with van der Waals surface area (Å²) in [6, 6.07) is 1.25. The van der Waals surface area contributed by atoms with Gasteiger partial charge in [0, 0.05) is 37.9 Å². The quantitative estimate of drug-likeness (QED) is 0.724. The first kappa shape index (κ1) is 14.8. The van der Waals surface area contributed by atoms with Crippen molar-refractivity contribution >= 4 is 10.0 Å². The number of H-pyrrole nitrogens is 1. The van der Waals surface area contributed by atoms with E-state index in [9.17, 15) is 8.42 Å². The fourth-order valence-corrected chi connectivity index (χ4v) is 3.25. The number of imidazole rings is 1. The molecule has 20 heavy (non-hydrogen) atoms. The maximum absolute atomic E-state index is 12.3. The predicted octanol–water partition coefficient (Wildman–Crippen LogP) is 0.507. The van der Waals surface area contributed by atoms with E-state index in [1.165, 1.54) is 0 Å². The van der Waals surface area contributed by atoms with Crippen LogP contribution < -0.4 is 10.0 Å². The lowest BCUT2D eigenvalue weighted by Crippen LogP contribution is -2.27. The van der Waals surface area contributed by atoms with Crippen molar-refractivity contribution in [1.29, 1.82) is 0 Å². The van der Waals surface area contributed by atoms with Gasteiger partial charge in [-0.25, -0.2) is 18.1 Å². The van der Waals surface area contributed by atoms with Gasteiger partial charge in [-0.15, -0.1) is 0 Å². The van der Waals surface area contributed by atoms with Crippen molar-refractivity contribution < 1.29 is 8.42 Å². The highest BCUT2D eigenvalue weighted by molar-refractivity contribution is 7.89. The molecule has 0 aromatic carbocycles. The number of aromatic nitrogens is 3. The standard InChI is InChI=1S/C12H19N5O2S/c1-9(12-14-4-5-15-12)16-20(18,19)11-6-10(7-13-2)17(3)8-11/h4-6,8-9,13,16H,7H2,1-3H3,(H,14,15). The first-order valence-electron chi connectivity index (χ1n) is 6.25. The minimum atomic E-state index is -3.56. The molecule has 0 aliphatic heterocycles. The Bertz CT molecular complexity index is 660. The van der Waals surface area contributed by atoms with Crippen LogP contribution in [0, 0.1) is 0 Å². The monoisotopic (exact) mass is 297 g/mol. The number of nitrogens with zero attached hydrogens (tertiary/aromatic N) is 2. The SMILES string of the molecule is CNCc1cc(S(=O)(=O)NC(C)c2ncc[nH]2)cn1C. The largest absolute Gasteiger partial charge is 0.352 e. The zero-order chi connectivity index (χ0) is 14.8. The molecule has 0 amide bonds. The molecule has 1 atom stereocenters. The van der Waals surface area contributed by atoms with Crippen LogP contribution in [0.2, 0.25) is 0 Å². The van der Waals surface area contributed by atoms with Crippen LogP contribution in [0.3, 0.4) is 0 Å². The summed E-state index contributed by atoms with van der Waals surface area (Å²) < 4.78 is 29.0. The van der Waals surface area contributed by atoms with Crippen molar-refractivity contribution in [1.82, 2.24) is 24.6 Å². The van der Waals surface area contributed by atoms with Crippen molar-refractivity contribution in [2.45, 2.75) is 24.4 Å². The molecule has 110 valence electrons. The molecular formula is C12H19N5O2S. The Hall–Kier alpha value is -1.64. The molecule has 0 fully saturated rings. The van der Waals surface area contributed by atoms with Crippen LogP contribution in [-0.4, -0.2) is 30.0 Å². The lowest BCUT2D eigenvalue weighted by Gasteiger charge is -2.10. The molecule has 8 heteroatoms. The second-order valence-corrected chi connectivity index (χ2v) is 6.34. The summed E-state index contributed by atoms with van der Waals surface area (Å²) in [5, 5.41) is 3.00. The van der Waals surface area contributed by atoms with Gasteiger partial charge >= 0.3 is 0 Å². The molecule has 0 saturated carbocycles. The van der Waals surface area contributed by atoms with E-state index in [0.29, 0.717) is 12.4 Å². The van der Waals surface area contributed by atoms with Gasteiger partial charge in [-0.1, -0.05) is 0 Å². The van der Waals surface area contributed by atoms with Gasteiger partial charge in [-0.05, 0) is 20.0 Å². The van der Waals surface area contributed by atoms with Gasteiger partial charge in [0.1, 0.15) is 5.82 Å². The topological polar surface area (TPSA) is 91.8 Å². The van der Waals surface area contributed by atoms with Crippen molar-refractivity contribution in [3.05, 3.63) is 36.2 Å². The minimum absolute atomic E-state index is 0.253. The second-order valence-electron chi connectivity index (χ2n) is 4.63. The molecule has 7 nitrogen and oxygen atoms in total. The number of nitrogens with one attached hydrogen (secondary N) is 3. The Morgan fingerprint density at radius 1 is 1.50 bits per heavy atom. The van der Waals surface area contributed by atoms with Gasteiger partial charge in [0.2, 0.25) is 10.0 Å². The third kappa shape index (κ3) is 3.09. The van der Waals surface area contributed by atoms with E-state index in [4.69, 9.17) is 0 Å². The number of rotatable bonds is 6. The zero-order valence-electron chi connectivity index (χ0n) is 11.7. The van der Waals surface area contributed by atoms with E-state index < -0.39 is 16.1 Å². The number of aryl methyl sites for hydroxylation is 1. The Kier molecular flexibility index (Phi) is 4.26. The summed E-state index contributed by atoms with van der Waals surface area (Å²) in [4.78, 5) is 7.20. The van der Waals surface area contributed by atoms with Crippen LogP contribution in [0.25, 0.3) is 0 Å². The summed E-state index contributed by atoms with van der Waals surface area (Å²) in [5.74, 6) is 0.583. The van der Waals surface area contributed by atoms with Gasteiger partial charge in [-0.3, -0.25) is 0 Å². The van der Waals surface area contributed by atoms with E-state index in [1.54, 1.807) is 36.1 Å². The van der Waals surface area contributed by atoms with Crippen LogP contribution in [0.1, 0.15) is 24.5 Å². The third-order valence-corrected chi connectivity index (χ3v) is 4.52. The maximum atomic E-state index is 12.3. The van der Waals surface area contributed by atoms with E-state index in [1.807, 2.05) is 14.1 Å². The number of sulfonamides is 1. The van der Waals surface area contributed by atoms with E-state index in [-0.39, 0.29) is 4.90 Å². The Morgan fingerprint density at radius 3 is 2.85 bits per heavy atom. The minimum Gasteiger partial charge on any atom is -0.352 e. The molecule has 0 saturated heterocycles. The van der Waals surface area contributed by atoms with E-state index >= 15 is 0 Å². The van der Waals surface area contributed by atoms with Crippen molar-refractivity contribution in [2.75, 3.05) is 7.05 Å². The molecule has 0 aliphatic carbocycles. The summed E-state index contributed by atoms with van der Waals surface area (Å²) in [7, 11) is 0.0748. The average Bonchev–Trinajstić information content (AvgIpc) is 3.00. The van der Waals surface area contributed by atoms with Crippen molar-refractivity contribution in [2.24, 2.45) is 7.05 Å². The normalized spacial score (nSPS) is 13.6. The first-order chi connectivity index (χ1) is 9.44. The lowest BCUT2D eigenvalue weighted by molar-refractivity contribution is 0.561. The van der Waals surface area contributed by atoms with Gasteiger partial charge in [-0.2, -0.15) is 0 Å². The van der Waals surface area contributed by atoms with Crippen LogP contribution >= 0.6 is 0 Å². The smallest absolute Gasteiger partial charge is 0.242 e. The number of hydrogen-bond donors (Lipinski definition) is 3. The highest BCUT2D eigenvalue weighted by atomic mass is 32.2.